The average molecular weight is 414 g/mol. The largest absolute Gasteiger partial charge is 0.426 e. The minimum Gasteiger partial charge on any atom is -0.426 e. The summed E-state index contributed by atoms with van der Waals surface area (Å²) in [6.07, 6.45) is 0.172. The lowest BCUT2D eigenvalue weighted by molar-refractivity contribution is -0.139. The normalized spacial score (nSPS) is 16.4. The second-order valence-corrected chi connectivity index (χ2v) is 8.68. The molecule has 0 radical (unpaired) electrons. The molecular formula is C27H27NO3. The van der Waals surface area contributed by atoms with Gasteiger partial charge in [-0.3, -0.25) is 9.59 Å². The van der Waals surface area contributed by atoms with Crippen molar-refractivity contribution >= 4 is 17.6 Å². The molecule has 0 aliphatic carbocycles. The first-order valence-electron chi connectivity index (χ1n) is 10.6. The van der Waals surface area contributed by atoms with Crippen LogP contribution in [0.3, 0.4) is 0 Å². The minimum absolute atomic E-state index is 0.0502. The Labute approximate surface area is 183 Å². The number of rotatable bonds is 5. The quantitative estimate of drug-likeness (QED) is 0.422. The number of carbonyl (C=O) groups excluding carboxylic acids is 2. The Morgan fingerprint density at radius 1 is 0.903 bits per heavy atom. The highest BCUT2D eigenvalue weighted by atomic mass is 16.5. The number of aryl methyl sites for hydroxylation is 1. The van der Waals surface area contributed by atoms with Crippen molar-refractivity contribution in [3.05, 3.63) is 95.6 Å². The predicted molar refractivity (Wildman–Crippen MR) is 122 cm³/mol. The molecule has 1 unspecified atom stereocenters. The number of anilines is 1. The third kappa shape index (κ3) is 4.38. The molecule has 1 aliphatic rings. The maximum absolute atomic E-state index is 12.7. The molecule has 0 N–H and O–H groups in total. The average Bonchev–Trinajstić information content (AvgIpc) is 3.17. The van der Waals surface area contributed by atoms with Gasteiger partial charge in [0.15, 0.2) is 0 Å². The Kier molecular flexibility index (Phi) is 5.64. The summed E-state index contributed by atoms with van der Waals surface area (Å²) in [5, 5.41) is 0. The van der Waals surface area contributed by atoms with Crippen molar-refractivity contribution in [1.82, 2.24) is 0 Å². The Morgan fingerprint density at radius 3 is 2.16 bits per heavy atom. The fraction of sp³-hybridized carbons (Fsp3) is 0.259. The van der Waals surface area contributed by atoms with Gasteiger partial charge in [-0.1, -0.05) is 74.0 Å². The predicted octanol–water partition coefficient (Wildman–Crippen LogP) is 5.28. The maximum atomic E-state index is 12.7. The van der Waals surface area contributed by atoms with Crippen molar-refractivity contribution in [2.24, 2.45) is 5.92 Å². The molecule has 1 aliphatic heterocycles. The van der Waals surface area contributed by atoms with Crippen LogP contribution < -0.4 is 9.64 Å². The minimum atomic E-state index is -0.464. The van der Waals surface area contributed by atoms with Gasteiger partial charge in [0, 0.05) is 24.1 Å². The Hall–Kier alpha value is -3.40. The summed E-state index contributed by atoms with van der Waals surface area (Å²) >= 11 is 0. The van der Waals surface area contributed by atoms with E-state index >= 15 is 0 Å². The van der Waals surface area contributed by atoms with Gasteiger partial charge >= 0.3 is 5.97 Å². The van der Waals surface area contributed by atoms with Crippen LogP contribution in [0.5, 0.6) is 5.75 Å². The van der Waals surface area contributed by atoms with E-state index in [4.69, 9.17) is 4.74 Å². The second kappa shape index (κ2) is 8.38. The number of amides is 1. The van der Waals surface area contributed by atoms with Gasteiger partial charge in [0.1, 0.15) is 5.75 Å². The molecule has 1 saturated heterocycles. The molecule has 158 valence electrons. The van der Waals surface area contributed by atoms with Gasteiger partial charge in [0.2, 0.25) is 5.91 Å². The van der Waals surface area contributed by atoms with E-state index in [1.807, 2.05) is 73.7 Å². The molecule has 1 fully saturated rings. The molecule has 3 aromatic rings. The first kappa shape index (κ1) is 20.9. The van der Waals surface area contributed by atoms with E-state index in [-0.39, 0.29) is 23.7 Å². The van der Waals surface area contributed by atoms with E-state index in [0.29, 0.717) is 12.3 Å². The smallest absolute Gasteiger partial charge is 0.316 e. The molecule has 1 amide bonds. The highest BCUT2D eigenvalue weighted by Crippen LogP contribution is 2.32. The van der Waals surface area contributed by atoms with Gasteiger partial charge in [-0.25, -0.2) is 0 Å². The molecule has 4 nitrogen and oxygen atoms in total. The fourth-order valence-corrected chi connectivity index (χ4v) is 4.00. The number of nitrogens with zero attached hydrogens (tertiary/aromatic N) is 1. The van der Waals surface area contributed by atoms with Gasteiger partial charge in [-0.2, -0.15) is 0 Å². The SMILES string of the molecule is Cc1ccc(N2CC(C(=O)Oc3ccc(C(C)(C)c4ccccc4)cc3)CC2=O)cc1. The molecule has 0 bridgehead atoms. The van der Waals surface area contributed by atoms with Crippen molar-refractivity contribution in [2.75, 3.05) is 11.4 Å². The topological polar surface area (TPSA) is 46.6 Å². The molecule has 0 spiro atoms. The fourth-order valence-electron chi connectivity index (χ4n) is 4.00. The first-order chi connectivity index (χ1) is 14.8. The summed E-state index contributed by atoms with van der Waals surface area (Å²) < 4.78 is 5.61. The van der Waals surface area contributed by atoms with Gasteiger partial charge in [0.25, 0.3) is 0 Å². The molecule has 0 saturated carbocycles. The second-order valence-electron chi connectivity index (χ2n) is 8.68. The van der Waals surface area contributed by atoms with Crippen molar-refractivity contribution < 1.29 is 14.3 Å². The highest BCUT2D eigenvalue weighted by Gasteiger charge is 2.36. The molecule has 4 heteroatoms. The molecular weight excluding hydrogens is 386 g/mol. The first-order valence-corrected chi connectivity index (χ1v) is 10.6. The van der Waals surface area contributed by atoms with Crippen molar-refractivity contribution in [1.29, 1.82) is 0 Å². The van der Waals surface area contributed by atoms with E-state index in [9.17, 15) is 9.59 Å². The Morgan fingerprint density at radius 2 is 1.52 bits per heavy atom. The molecule has 31 heavy (non-hydrogen) atoms. The Bertz CT molecular complexity index is 1070. The number of benzene rings is 3. The number of hydrogen-bond acceptors (Lipinski definition) is 3. The monoisotopic (exact) mass is 413 g/mol. The van der Waals surface area contributed by atoms with E-state index in [1.165, 1.54) is 5.56 Å². The van der Waals surface area contributed by atoms with Crippen LogP contribution in [-0.4, -0.2) is 18.4 Å². The van der Waals surface area contributed by atoms with Gasteiger partial charge in [-0.05, 0) is 42.3 Å². The van der Waals surface area contributed by atoms with Gasteiger partial charge < -0.3 is 9.64 Å². The summed E-state index contributed by atoms with van der Waals surface area (Å²) in [6, 6.07) is 25.7. The lowest BCUT2D eigenvalue weighted by atomic mass is 9.78. The number of hydrogen-bond donors (Lipinski definition) is 0. The van der Waals surface area contributed by atoms with Gasteiger partial charge in [0.05, 0.1) is 5.92 Å². The van der Waals surface area contributed by atoms with Crippen molar-refractivity contribution in [3.8, 4) is 5.75 Å². The van der Waals surface area contributed by atoms with Crippen molar-refractivity contribution in [2.45, 2.75) is 32.6 Å². The number of carbonyl (C=O) groups is 2. The zero-order valence-corrected chi connectivity index (χ0v) is 18.2. The van der Waals surface area contributed by atoms with Crippen LogP contribution >= 0.6 is 0 Å². The molecule has 1 atom stereocenters. The third-order valence-electron chi connectivity index (χ3n) is 6.09. The maximum Gasteiger partial charge on any atom is 0.316 e. The van der Waals surface area contributed by atoms with Crippen molar-refractivity contribution in [3.63, 3.8) is 0 Å². The number of esters is 1. The van der Waals surface area contributed by atoms with Crippen LogP contribution in [0.1, 0.15) is 37.0 Å². The summed E-state index contributed by atoms with van der Waals surface area (Å²) in [4.78, 5) is 26.8. The third-order valence-corrected chi connectivity index (χ3v) is 6.09. The molecule has 1 heterocycles. The van der Waals surface area contributed by atoms with Crippen LogP contribution in [0.25, 0.3) is 0 Å². The summed E-state index contributed by atoms with van der Waals surface area (Å²) in [5.41, 5.74) is 4.15. The van der Waals surface area contributed by atoms with Crippen LogP contribution in [0.15, 0.2) is 78.9 Å². The van der Waals surface area contributed by atoms with Crippen LogP contribution in [0.2, 0.25) is 0 Å². The zero-order chi connectivity index (χ0) is 22.0. The zero-order valence-electron chi connectivity index (χ0n) is 18.2. The van der Waals surface area contributed by atoms with Crippen LogP contribution in [0, 0.1) is 12.8 Å². The van der Waals surface area contributed by atoms with E-state index in [0.717, 1.165) is 16.8 Å². The van der Waals surface area contributed by atoms with E-state index < -0.39 is 5.92 Å². The van der Waals surface area contributed by atoms with E-state index in [2.05, 4.69) is 26.0 Å². The van der Waals surface area contributed by atoms with Crippen LogP contribution in [0.4, 0.5) is 5.69 Å². The molecule has 3 aromatic carbocycles. The Balaban J connectivity index is 1.42. The summed E-state index contributed by atoms with van der Waals surface area (Å²) in [7, 11) is 0. The number of ether oxygens (including phenoxy) is 1. The molecule has 0 aromatic heterocycles. The van der Waals surface area contributed by atoms with Crippen LogP contribution in [-0.2, 0) is 15.0 Å². The molecule has 4 rings (SSSR count). The lowest BCUT2D eigenvalue weighted by Gasteiger charge is -2.26. The highest BCUT2D eigenvalue weighted by molar-refractivity contribution is 5.99. The lowest BCUT2D eigenvalue weighted by Crippen LogP contribution is -2.27. The van der Waals surface area contributed by atoms with E-state index in [1.54, 1.807) is 4.90 Å². The summed E-state index contributed by atoms with van der Waals surface area (Å²) in [6.45, 7) is 6.70. The standard InChI is InChI=1S/C27H27NO3/c1-19-9-13-23(14-10-19)28-18-20(17-25(28)29)26(30)31-24-15-11-22(12-16-24)27(2,3)21-7-5-4-6-8-21/h4-16,20H,17-18H2,1-3H3. The van der Waals surface area contributed by atoms with Gasteiger partial charge in [-0.15, -0.1) is 0 Å². The summed E-state index contributed by atoms with van der Waals surface area (Å²) in [5.74, 6) is -0.378.